The molecule has 1 atom stereocenters. The summed E-state index contributed by atoms with van der Waals surface area (Å²) in [6.45, 7) is 5.90. The van der Waals surface area contributed by atoms with E-state index in [-0.39, 0.29) is 36.9 Å². The van der Waals surface area contributed by atoms with Gasteiger partial charge in [0.2, 0.25) is 11.8 Å². The number of nitrogens with one attached hydrogen (secondary N) is 3. The number of likely N-dealkylation sites (N-methyl/N-ethyl adjacent to an activating group) is 1. The van der Waals surface area contributed by atoms with Gasteiger partial charge in [0.15, 0.2) is 0 Å². The van der Waals surface area contributed by atoms with Crippen molar-refractivity contribution >= 4 is 29.1 Å². The summed E-state index contributed by atoms with van der Waals surface area (Å²) in [4.78, 5) is 39.6. The first kappa shape index (κ1) is 25.6. The normalized spacial score (nSPS) is 11.6. The first-order valence-electron chi connectivity index (χ1n) is 11.5. The van der Waals surface area contributed by atoms with Crippen LogP contribution in [0.3, 0.4) is 0 Å². The van der Waals surface area contributed by atoms with E-state index in [1.54, 1.807) is 36.2 Å². The van der Waals surface area contributed by atoms with Crippen molar-refractivity contribution in [1.29, 1.82) is 0 Å². The maximum atomic E-state index is 12.9. The Hall–Kier alpha value is -3.97. The largest absolute Gasteiger partial charge is 0.345 e. The van der Waals surface area contributed by atoms with Gasteiger partial charge < -0.3 is 16.0 Å². The van der Waals surface area contributed by atoms with Crippen LogP contribution < -0.4 is 16.0 Å². The lowest BCUT2D eigenvalue weighted by atomic mass is 10.1. The van der Waals surface area contributed by atoms with Crippen LogP contribution in [0.15, 0.2) is 72.8 Å². The third kappa shape index (κ3) is 7.25. The van der Waals surface area contributed by atoms with E-state index in [1.165, 1.54) is 0 Å². The number of carbonyl (C=O) groups is 3. The van der Waals surface area contributed by atoms with Crippen molar-refractivity contribution in [3.05, 3.63) is 95.1 Å². The maximum Gasteiger partial charge on any atom is 0.253 e. The second kappa shape index (κ2) is 11.9. The second-order valence-corrected chi connectivity index (χ2v) is 8.67. The number of para-hydroxylation sites is 1. The second-order valence-electron chi connectivity index (χ2n) is 8.67. The first-order chi connectivity index (χ1) is 16.7. The summed E-state index contributed by atoms with van der Waals surface area (Å²) < 4.78 is 0. The number of aryl methyl sites for hydroxylation is 1. The summed E-state index contributed by atoms with van der Waals surface area (Å²) in [7, 11) is 1.70. The quantitative estimate of drug-likeness (QED) is 0.433. The molecule has 0 saturated heterocycles. The molecule has 7 nitrogen and oxygen atoms in total. The minimum Gasteiger partial charge on any atom is -0.345 e. The molecule has 3 rings (SSSR count). The summed E-state index contributed by atoms with van der Waals surface area (Å²) in [5.74, 6) is -0.800. The third-order valence-electron chi connectivity index (χ3n) is 5.80. The van der Waals surface area contributed by atoms with Crippen molar-refractivity contribution in [3.63, 3.8) is 0 Å². The molecular formula is C28H32N4O3. The molecule has 182 valence electrons. The molecule has 3 aromatic rings. The zero-order valence-electron chi connectivity index (χ0n) is 20.6. The highest BCUT2D eigenvalue weighted by Gasteiger charge is 2.17. The van der Waals surface area contributed by atoms with Crippen LogP contribution in [0.2, 0.25) is 0 Å². The van der Waals surface area contributed by atoms with Gasteiger partial charge in [-0.1, -0.05) is 54.6 Å². The molecule has 0 aliphatic heterocycles. The molecule has 7 heteroatoms. The Bertz CT molecular complexity index is 1190. The highest BCUT2D eigenvalue weighted by Crippen LogP contribution is 2.19. The van der Waals surface area contributed by atoms with Crippen molar-refractivity contribution in [2.45, 2.75) is 26.8 Å². The van der Waals surface area contributed by atoms with E-state index in [0.29, 0.717) is 11.3 Å². The van der Waals surface area contributed by atoms with Gasteiger partial charge in [0.1, 0.15) is 0 Å². The Labute approximate surface area is 206 Å². The fourth-order valence-corrected chi connectivity index (χ4v) is 3.70. The van der Waals surface area contributed by atoms with E-state index in [0.717, 1.165) is 22.4 Å². The number of carbonyl (C=O) groups excluding carboxylic acids is 3. The minimum atomic E-state index is -0.316. The molecule has 0 radical (unpaired) electrons. The molecule has 35 heavy (non-hydrogen) atoms. The van der Waals surface area contributed by atoms with E-state index >= 15 is 0 Å². The van der Waals surface area contributed by atoms with Gasteiger partial charge in [-0.15, -0.1) is 0 Å². The maximum absolute atomic E-state index is 12.9. The lowest BCUT2D eigenvalue weighted by Gasteiger charge is -2.18. The van der Waals surface area contributed by atoms with E-state index in [1.807, 2.05) is 69.3 Å². The van der Waals surface area contributed by atoms with Gasteiger partial charge in [0, 0.05) is 5.69 Å². The fourth-order valence-electron chi connectivity index (χ4n) is 3.70. The predicted octanol–water partition coefficient (Wildman–Crippen LogP) is 4.30. The molecule has 3 amide bonds. The lowest BCUT2D eigenvalue weighted by molar-refractivity contribution is -0.119. The third-order valence-corrected chi connectivity index (χ3v) is 5.80. The molecule has 0 aromatic heterocycles. The van der Waals surface area contributed by atoms with Crippen LogP contribution in [0.4, 0.5) is 11.4 Å². The Morgan fingerprint density at radius 3 is 2.03 bits per heavy atom. The van der Waals surface area contributed by atoms with Crippen LogP contribution in [-0.2, 0) is 9.59 Å². The Morgan fingerprint density at radius 1 is 0.771 bits per heavy atom. The fraction of sp³-hybridized carbons (Fsp3) is 0.250. The summed E-state index contributed by atoms with van der Waals surface area (Å²) >= 11 is 0. The monoisotopic (exact) mass is 472 g/mol. The zero-order chi connectivity index (χ0) is 25.4. The van der Waals surface area contributed by atoms with Gasteiger partial charge in [0.05, 0.1) is 30.4 Å². The summed E-state index contributed by atoms with van der Waals surface area (Å²) in [5.41, 5.74) is 4.65. The van der Waals surface area contributed by atoms with Crippen molar-refractivity contribution in [1.82, 2.24) is 10.2 Å². The molecule has 0 heterocycles. The Kier molecular flexibility index (Phi) is 8.75. The predicted molar refractivity (Wildman–Crippen MR) is 139 cm³/mol. The molecule has 0 bridgehead atoms. The molecule has 1 unspecified atom stereocenters. The summed E-state index contributed by atoms with van der Waals surface area (Å²) in [6, 6.07) is 22.1. The number of amides is 3. The Balaban J connectivity index is 1.56. The van der Waals surface area contributed by atoms with E-state index in [4.69, 9.17) is 0 Å². The molecule has 0 spiro atoms. The molecule has 0 aliphatic carbocycles. The number of anilines is 2. The van der Waals surface area contributed by atoms with Crippen molar-refractivity contribution < 1.29 is 14.4 Å². The topological polar surface area (TPSA) is 90.5 Å². The van der Waals surface area contributed by atoms with Gasteiger partial charge in [-0.3, -0.25) is 19.3 Å². The van der Waals surface area contributed by atoms with Crippen LogP contribution in [0.25, 0.3) is 0 Å². The van der Waals surface area contributed by atoms with Crippen LogP contribution in [0, 0.1) is 13.8 Å². The van der Waals surface area contributed by atoms with Crippen molar-refractivity contribution in [2.24, 2.45) is 0 Å². The van der Waals surface area contributed by atoms with E-state index < -0.39 is 0 Å². The SMILES string of the molecule is Cc1cccc(NC(=O)CN(C)CC(=O)Nc2ccccc2C(=O)NC(C)c2ccccc2)c1C. The van der Waals surface area contributed by atoms with Gasteiger partial charge >= 0.3 is 0 Å². The number of benzene rings is 3. The smallest absolute Gasteiger partial charge is 0.253 e. The van der Waals surface area contributed by atoms with Gasteiger partial charge in [-0.05, 0) is 62.7 Å². The summed E-state index contributed by atoms with van der Waals surface area (Å²) in [6.07, 6.45) is 0. The number of rotatable bonds is 9. The lowest BCUT2D eigenvalue weighted by Crippen LogP contribution is -2.36. The molecule has 0 fully saturated rings. The standard InChI is InChI=1S/C28H32N4O3/c1-19-11-10-16-24(20(19)2)30-26(33)17-32(4)18-27(34)31-25-15-9-8-14-23(25)28(35)29-21(3)22-12-6-5-7-13-22/h5-16,21H,17-18H2,1-4H3,(H,29,35)(H,30,33)(H,31,34). The van der Waals surface area contributed by atoms with E-state index in [2.05, 4.69) is 16.0 Å². The molecule has 3 aromatic carbocycles. The molecule has 0 aliphatic rings. The van der Waals surface area contributed by atoms with Crippen LogP contribution >= 0.6 is 0 Å². The Morgan fingerprint density at radius 2 is 1.34 bits per heavy atom. The first-order valence-corrected chi connectivity index (χ1v) is 11.5. The number of hydrogen-bond acceptors (Lipinski definition) is 4. The van der Waals surface area contributed by atoms with Gasteiger partial charge in [-0.2, -0.15) is 0 Å². The average molecular weight is 473 g/mol. The van der Waals surface area contributed by atoms with E-state index in [9.17, 15) is 14.4 Å². The van der Waals surface area contributed by atoms with Gasteiger partial charge in [0.25, 0.3) is 5.91 Å². The zero-order valence-corrected chi connectivity index (χ0v) is 20.6. The number of nitrogens with zero attached hydrogens (tertiary/aromatic N) is 1. The van der Waals surface area contributed by atoms with Crippen LogP contribution in [0.5, 0.6) is 0 Å². The van der Waals surface area contributed by atoms with Crippen LogP contribution in [0.1, 0.15) is 40.0 Å². The summed E-state index contributed by atoms with van der Waals surface area (Å²) in [5, 5.41) is 8.67. The minimum absolute atomic E-state index is 0.00338. The number of hydrogen-bond donors (Lipinski definition) is 3. The highest BCUT2D eigenvalue weighted by molar-refractivity contribution is 6.04. The molecule has 3 N–H and O–H groups in total. The van der Waals surface area contributed by atoms with Crippen molar-refractivity contribution in [3.8, 4) is 0 Å². The van der Waals surface area contributed by atoms with Crippen molar-refractivity contribution in [2.75, 3.05) is 30.8 Å². The highest BCUT2D eigenvalue weighted by atomic mass is 16.2. The average Bonchev–Trinajstić information content (AvgIpc) is 2.82. The van der Waals surface area contributed by atoms with Crippen LogP contribution in [-0.4, -0.2) is 42.8 Å². The molecule has 0 saturated carbocycles. The van der Waals surface area contributed by atoms with Gasteiger partial charge in [-0.25, -0.2) is 0 Å². The molecular weight excluding hydrogens is 440 g/mol.